The zero-order chi connectivity index (χ0) is 13.4. The van der Waals surface area contributed by atoms with E-state index < -0.39 is 0 Å². The molecule has 0 bridgehead atoms. The Morgan fingerprint density at radius 3 is 2.39 bits per heavy atom. The third-order valence-corrected chi connectivity index (χ3v) is 5.30. The number of hydrogen-bond donors (Lipinski definition) is 2. The molecule has 4 nitrogen and oxygen atoms in total. The van der Waals surface area contributed by atoms with Gasteiger partial charge in [-0.15, -0.1) is 0 Å². The molecule has 1 aliphatic heterocycles. The molecule has 1 aliphatic carbocycles. The van der Waals surface area contributed by atoms with Gasteiger partial charge in [-0.25, -0.2) is 0 Å². The second-order valence-corrected chi connectivity index (χ2v) is 6.45. The summed E-state index contributed by atoms with van der Waals surface area (Å²) in [6, 6.07) is 0.241. The van der Waals surface area contributed by atoms with Gasteiger partial charge in [-0.2, -0.15) is 0 Å². The number of amides is 1. The van der Waals surface area contributed by atoms with Crippen molar-refractivity contribution in [3.05, 3.63) is 0 Å². The van der Waals surface area contributed by atoms with Crippen LogP contribution in [0.25, 0.3) is 0 Å². The Hall–Kier alpha value is -0.610. The van der Waals surface area contributed by atoms with Crippen molar-refractivity contribution in [1.29, 1.82) is 0 Å². The quantitative estimate of drug-likeness (QED) is 0.798. The van der Waals surface area contributed by atoms with Crippen LogP contribution >= 0.6 is 0 Å². The Morgan fingerprint density at radius 2 is 1.89 bits per heavy atom. The van der Waals surface area contributed by atoms with Crippen LogP contribution in [0.15, 0.2) is 0 Å². The Balaban J connectivity index is 1.89. The van der Waals surface area contributed by atoms with Crippen molar-refractivity contribution in [2.24, 2.45) is 11.3 Å². The van der Waals surface area contributed by atoms with Gasteiger partial charge in [0.05, 0.1) is 5.60 Å². The lowest BCUT2D eigenvalue weighted by molar-refractivity contribution is -0.183. The fourth-order valence-electron chi connectivity index (χ4n) is 3.10. The van der Waals surface area contributed by atoms with Crippen LogP contribution in [0, 0.1) is 11.3 Å². The maximum atomic E-state index is 12.2. The van der Waals surface area contributed by atoms with Crippen LogP contribution in [0.2, 0.25) is 0 Å². The SMILES string of the molecule is CO[C@]1(C)C[C@@H](NC(=O)C2CCNCC2)C1(C)C. The largest absolute Gasteiger partial charge is 0.378 e. The average Bonchev–Trinajstić information content (AvgIpc) is 2.38. The number of carbonyl (C=O) groups excluding carboxylic acids is 1. The average molecular weight is 254 g/mol. The monoisotopic (exact) mass is 254 g/mol. The van der Waals surface area contributed by atoms with Crippen LogP contribution in [0.1, 0.15) is 40.0 Å². The molecule has 2 N–H and O–H groups in total. The minimum atomic E-state index is -0.112. The maximum Gasteiger partial charge on any atom is 0.223 e. The molecule has 0 aromatic heterocycles. The fourth-order valence-corrected chi connectivity index (χ4v) is 3.10. The summed E-state index contributed by atoms with van der Waals surface area (Å²) in [4.78, 5) is 12.2. The first-order chi connectivity index (χ1) is 8.40. The molecule has 1 amide bonds. The third kappa shape index (κ3) is 2.16. The van der Waals surface area contributed by atoms with E-state index in [1.165, 1.54) is 0 Å². The smallest absolute Gasteiger partial charge is 0.223 e. The van der Waals surface area contributed by atoms with E-state index in [-0.39, 0.29) is 28.9 Å². The van der Waals surface area contributed by atoms with Crippen molar-refractivity contribution in [2.45, 2.75) is 51.7 Å². The Kier molecular flexibility index (Phi) is 3.70. The number of nitrogens with one attached hydrogen (secondary N) is 2. The highest BCUT2D eigenvalue weighted by Gasteiger charge is 2.58. The molecule has 0 unspecified atom stereocenters. The first-order valence-electron chi connectivity index (χ1n) is 6.97. The molecular formula is C14H26N2O2. The van der Waals surface area contributed by atoms with Crippen molar-refractivity contribution in [3.63, 3.8) is 0 Å². The summed E-state index contributed by atoms with van der Waals surface area (Å²) in [6.07, 6.45) is 2.83. The summed E-state index contributed by atoms with van der Waals surface area (Å²) in [5.74, 6) is 0.421. The summed E-state index contributed by atoms with van der Waals surface area (Å²) >= 11 is 0. The van der Waals surface area contributed by atoms with Gasteiger partial charge in [0.15, 0.2) is 0 Å². The van der Waals surface area contributed by atoms with E-state index in [1.807, 2.05) is 0 Å². The molecule has 4 heteroatoms. The third-order valence-electron chi connectivity index (χ3n) is 5.30. The molecule has 2 aliphatic rings. The molecule has 2 rings (SSSR count). The Labute approximate surface area is 110 Å². The van der Waals surface area contributed by atoms with E-state index in [0.29, 0.717) is 0 Å². The van der Waals surface area contributed by atoms with E-state index in [4.69, 9.17) is 4.74 Å². The number of rotatable bonds is 3. The van der Waals surface area contributed by atoms with E-state index in [0.717, 1.165) is 32.4 Å². The van der Waals surface area contributed by atoms with Crippen LogP contribution in [-0.2, 0) is 9.53 Å². The zero-order valence-corrected chi connectivity index (χ0v) is 12.0. The molecule has 18 heavy (non-hydrogen) atoms. The van der Waals surface area contributed by atoms with Crippen molar-refractivity contribution >= 4 is 5.91 Å². The highest BCUT2D eigenvalue weighted by molar-refractivity contribution is 5.79. The van der Waals surface area contributed by atoms with Crippen LogP contribution in [0.4, 0.5) is 0 Å². The molecule has 1 heterocycles. The van der Waals surface area contributed by atoms with Crippen LogP contribution < -0.4 is 10.6 Å². The summed E-state index contributed by atoms with van der Waals surface area (Å²) in [6.45, 7) is 8.39. The van der Waals surface area contributed by atoms with Gasteiger partial charge in [-0.3, -0.25) is 4.79 Å². The highest BCUT2D eigenvalue weighted by Crippen LogP contribution is 2.51. The molecule has 2 fully saturated rings. The Bertz CT molecular complexity index is 324. The van der Waals surface area contributed by atoms with Gasteiger partial charge < -0.3 is 15.4 Å². The molecule has 2 atom stereocenters. The van der Waals surface area contributed by atoms with Crippen LogP contribution in [-0.4, -0.2) is 37.7 Å². The predicted octanol–water partition coefficient (Wildman–Crippen LogP) is 1.31. The second kappa shape index (κ2) is 4.82. The predicted molar refractivity (Wildman–Crippen MR) is 71.3 cm³/mol. The van der Waals surface area contributed by atoms with Gasteiger partial charge in [-0.1, -0.05) is 13.8 Å². The standard InChI is InChI=1S/C14H26N2O2/c1-13(2)11(9-14(13,3)18-4)16-12(17)10-5-7-15-8-6-10/h10-11,15H,5-9H2,1-4H3,(H,16,17)/t11-,14-/m1/s1. The molecule has 0 aromatic rings. The topological polar surface area (TPSA) is 50.4 Å². The van der Waals surface area contributed by atoms with Gasteiger partial charge in [-0.05, 0) is 39.3 Å². The second-order valence-electron chi connectivity index (χ2n) is 6.45. The molecule has 0 aromatic carbocycles. The van der Waals surface area contributed by atoms with Crippen molar-refractivity contribution in [3.8, 4) is 0 Å². The minimum Gasteiger partial charge on any atom is -0.378 e. The first-order valence-corrected chi connectivity index (χ1v) is 6.97. The number of methoxy groups -OCH3 is 1. The van der Waals surface area contributed by atoms with Gasteiger partial charge in [0.2, 0.25) is 5.91 Å². The molecule has 1 saturated carbocycles. The number of hydrogen-bond acceptors (Lipinski definition) is 3. The van der Waals surface area contributed by atoms with Crippen LogP contribution in [0.5, 0.6) is 0 Å². The Morgan fingerprint density at radius 1 is 1.28 bits per heavy atom. The lowest BCUT2D eigenvalue weighted by atomic mass is 9.55. The van der Waals surface area contributed by atoms with Gasteiger partial charge in [0.1, 0.15) is 0 Å². The molecule has 1 saturated heterocycles. The number of carbonyl (C=O) groups is 1. The van der Waals surface area contributed by atoms with Crippen molar-refractivity contribution < 1.29 is 9.53 Å². The lowest BCUT2D eigenvalue weighted by Crippen LogP contribution is -2.69. The zero-order valence-electron chi connectivity index (χ0n) is 12.0. The van der Waals surface area contributed by atoms with E-state index >= 15 is 0 Å². The minimum absolute atomic E-state index is 0.00429. The molecule has 0 radical (unpaired) electrons. The van der Waals surface area contributed by atoms with Gasteiger partial charge >= 0.3 is 0 Å². The fraction of sp³-hybridized carbons (Fsp3) is 0.929. The maximum absolute atomic E-state index is 12.2. The van der Waals surface area contributed by atoms with Gasteiger partial charge in [0, 0.05) is 24.5 Å². The van der Waals surface area contributed by atoms with Crippen molar-refractivity contribution in [2.75, 3.05) is 20.2 Å². The summed E-state index contributed by atoms with van der Waals surface area (Å²) < 4.78 is 5.58. The van der Waals surface area contributed by atoms with Gasteiger partial charge in [0.25, 0.3) is 0 Å². The molecule has 0 spiro atoms. The van der Waals surface area contributed by atoms with E-state index in [9.17, 15) is 4.79 Å². The molecule has 104 valence electrons. The highest BCUT2D eigenvalue weighted by atomic mass is 16.5. The van der Waals surface area contributed by atoms with Crippen LogP contribution in [0.3, 0.4) is 0 Å². The first kappa shape index (κ1) is 13.8. The normalized spacial score (nSPS) is 35.9. The molecular weight excluding hydrogens is 228 g/mol. The number of piperidine rings is 1. The summed E-state index contributed by atoms with van der Waals surface area (Å²) in [5, 5.41) is 6.51. The summed E-state index contributed by atoms with van der Waals surface area (Å²) in [5.41, 5.74) is -0.108. The summed E-state index contributed by atoms with van der Waals surface area (Å²) in [7, 11) is 1.76. The van der Waals surface area contributed by atoms with E-state index in [2.05, 4.69) is 31.4 Å². The lowest BCUT2D eigenvalue weighted by Gasteiger charge is -2.59. The number of ether oxygens (including phenoxy) is 1. The van der Waals surface area contributed by atoms with E-state index in [1.54, 1.807) is 7.11 Å². The van der Waals surface area contributed by atoms with Crippen molar-refractivity contribution in [1.82, 2.24) is 10.6 Å².